The highest BCUT2D eigenvalue weighted by Gasteiger charge is 2.24. The highest BCUT2D eigenvalue weighted by atomic mass is 32.2. The zero-order valence-electron chi connectivity index (χ0n) is 10.5. The number of aromatic nitrogens is 3. The number of nitrogens with zero attached hydrogens (tertiary/aromatic N) is 3. The molecule has 2 aromatic rings. The van der Waals surface area contributed by atoms with Crippen molar-refractivity contribution in [3.8, 4) is 0 Å². The molecule has 3 rings (SSSR count). The summed E-state index contributed by atoms with van der Waals surface area (Å²) in [5, 5.41) is 8.27. The van der Waals surface area contributed by atoms with Crippen LogP contribution in [0.2, 0.25) is 0 Å². The van der Waals surface area contributed by atoms with Crippen LogP contribution in [0, 0.1) is 5.92 Å². The first kappa shape index (κ1) is 12.4. The van der Waals surface area contributed by atoms with Crippen molar-refractivity contribution in [2.75, 3.05) is 17.2 Å². The fourth-order valence-electron chi connectivity index (χ4n) is 2.50. The van der Waals surface area contributed by atoms with Crippen LogP contribution in [-0.4, -0.2) is 34.5 Å². The Morgan fingerprint density at radius 3 is 2.74 bits per heavy atom. The van der Waals surface area contributed by atoms with Crippen LogP contribution in [0.4, 0.5) is 5.69 Å². The number of fused-ring (bicyclic) bond motifs is 1. The second kappa shape index (κ2) is 4.48. The summed E-state index contributed by atoms with van der Waals surface area (Å²) in [5.74, 6) is 1.79. The van der Waals surface area contributed by atoms with E-state index in [4.69, 9.17) is 5.73 Å². The van der Waals surface area contributed by atoms with Crippen molar-refractivity contribution < 1.29 is 8.42 Å². The molecule has 2 aromatic heterocycles. The molecular weight excluding hydrogens is 264 g/mol. The maximum atomic E-state index is 11.4. The third-order valence-electron chi connectivity index (χ3n) is 3.64. The third kappa shape index (κ3) is 2.56. The summed E-state index contributed by atoms with van der Waals surface area (Å²) in [4.78, 5) is 0. The quantitative estimate of drug-likeness (QED) is 0.873. The Balaban J connectivity index is 1.80. The van der Waals surface area contributed by atoms with Crippen molar-refractivity contribution in [2.45, 2.75) is 19.3 Å². The molecule has 1 saturated heterocycles. The van der Waals surface area contributed by atoms with Crippen LogP contribution in [0.1, 0.15) is 18.7 Å². The molecule has 19 heavy (non-hydrogen) atoms. The number of nitrogens with two attached hydrogens (primary N) is 1. The van der Waals surface area contributed by atoms with E-state index in [2.05, 4.69) is 10.2 Å². The van der Waals surface area contributed by atoms with Gasteiger partial charge in [0.15, 0.2) is 5.65 Å². The molecule has 0 saturated carbocycles. The Morgan fingerprint density at radius 2 is 2.00 bits per heavy atom. The number of pyridine rings is 1. The molecule has 2 N–H and O–H groups in total. The lowest BCUT2D eigenvalue weighted by atomic mass is 9.98. The Bertz CT molecular complexity index is 694. The minimum Gasteiger partial charge on any atom is -0.398 e. The highest BCUT2D eigenvalue weighted by Crippen LogP contribution is 2.22. The van der Waals surface area contributed by atoms with Crippen LogP contribution in [0.5, 0.6) is 0 Å². The van der Waals surface area contributed by atoms with Gasteiger partial charge in [0.25, 0.3) is 0 Å². The normalized spacial score (nSPS) is 19.8. The Hall–Kier alpha value is -1.63. The largest absolute Gasteiger partial charge is 0.398 e. The molecule has 1 aliphatic rings. The number of rotatable bonds is 2. The molecule has 7 heteroatoms. The summed E-state index contributed by atoms with van der Waals surface area (Å²) in [6.07, 6.45) is 3.98. The molecule has 0 atom stereocenters. The lowest BCUT2D eigenvalue weighted by Gasteiger charge is -2.20. The maximum absolute atomic E-state index is 11.4. The maximum Gasteiger partial charge on any atom is 0.160 e. The van der Waals surface area contributed by atoms with E-state index >= 15 is 0 Å². The van der Waals surface area contributed by atoms with Gasteiger partial charge in [0, 0.05) is 18.3 Å². The number of hydrogen-bond acceptors (Lipinski definition) is 5. The third-order valence-corrected chi connectivity index (χ3v) is 5.36. The van der Waals surface area contributed by atoms with Gasteiger partial charge >= 0.3 is 0 Å². The van der Waals surface area contributed by atoms with Gasteiger partial charge in [-0.1, -0.05) is 0 Å². The van der Waals surface area contributed by atoms with Gasteiger partial charge in [-0.3, -0.25) is 4.40 Å². The molecule has 0 amide bonds. The van der Waals surface area contributed by atoms with E-state index in [1.807, 2.05) is 16.7 Å². The molecule has 0 radical (unpaired) electrons. The number of hydrogen-bond donors (Lipinski definition) is 1. The first-order valence-electron chi connectivity index (χ1n) is 6.33. The second-order valence-electron chi connectivity index (χ2n) is 5.11. The molecule has 0 unspecified atom stereocenters. The zero-order valence-corrected chi connectivity index (χ0v) is 11.3. The van der Waals surface area contributed by atoms with E-state index in [0.717, 1.165) is 17.9 Å². The average Bonchev–Trinajstić information content (AvgIpc) is 2.75. The molecule has 1 fully saturated rings. The molecule has 102 valence electrons. The van der Waals surface area contributed by atoms with Gasteiger partial charge in [-0.05, 0) is 30.9 Å². The first-order valence-corrected chi connectivity index (χ1v) is 8.15. The molecular formula is C12H16N4O2S. The molecule has 0 spiro atoms. The van der Waals surface area contributed by atoms with Crippen LogP contribution in [0.15, 0.2) is 18.3 Å². The molecule has 6 nitrogen and oxygen atoms in total. The van der Waals surface area contributed by atoms with Gasteiger partial charge in [0.05, 0.1) is 11.5 Å². The van der Waals surface area contributed by atoms with Gasteiger partial charge in [0.1, 0.15) is 15.7 Å². The Morgan fingerprint density at radius 1 is 1.26 bits per heavy atom. The van der Waals surface area contributed by atoms with E-state index < -0.39 is 9.84 Å². The predicted octanol–water partition coefficient (Wildman–Crippen LogP) is 0.679. The molecule has 1 aliphatic heterocycles. The summed E-state index contributed by atoms with van der Waals surface area (Å²) < 4.78 is 24.7. The standard InChI is InChI=1S/C12H16N4O2S/c13-10-1-2-11-14-15-12(16(11)8-10)7-9-3-5-19(17,18)6-4-9/h1-2,8-9H,3-7,13H2. The lowest BCUT2D eigenvalue weighted by molar-refractivity contribution is 0.452. The van der Waals surface area contributed by atoms with Gasteiger partial charge in [0.2, 0.25) is 0 Å². The second-order valence-corrected chi connectivity index (χ2v) is 7.41. The highest BCUT2D eigenvalue weighted by molar-refractivity contribution is 7.91. The van der Waals surface area contributed by atoms with Crippen molar-refractivity contribution in [3.05, 3.63) is 24.2 Å². The topological polar surface area (TPSA) is 90.3 Å². The van der Waals surface area contributed by atoms with Crippen LogP contribution in [0.3, 0.4) is 0 Å². The van der Waals surface area contributed by atoms with Crippen molar-refractivity contribution >= 4 is 21.2 Å². The van der Waals surface area contributed by atoms with Crippen molar-refractivity contribution in [2.24, 2.45) is 5.92 Å². The summed E-state index contributed by atoms with van der Waals surface area (Å²) >= 11 is 0. The predicted molar refractivity (Wildman–Crippen MR) is 72.5 cm³/mol. The van der Waals surface area contributed by atoms with E-state index in [9.17, 15) is 8.42 Å². The smallest absolute Gasteiger partial charge is 0.160 e. The minimum atomic E-state index is -2.81. The molecule has 0 aliphatic carbocycles. The summed E-state index contributed by atoms with van der Waals surface area (Å²) in [7, 11) is -2.81. The molecule has 3 heterocycles. The Kier molecular flexibility index (Phi) is 2.93. The fourth-order valence-corrected chi connectivity index (χ4v) is 4.08. The van der Waals surface area contributed by atoms with Crippen molar-refractivity contribution in [3.63, 3.8) is 0 Å². The lowest BCUT2D eigenvalue weighted by Crippen LogP contribution is -2.25. The Labute approximate surface area is 111 Å². The SMILES string of the molecule is Nc1ccc2nnc(CC3CCS(=O)(=O)CC3)n2c1. The summed E-state index contributed by atoms with van der Waals surface area (Å²) in [5.41, 5.74) is 7.20. The first-order chi connectivity index (χ1) is 9.03. The van der Waals surface area contributed by atoms with Gasteiger partial charge in [-0.2, -0.15) is 0 Å². The van der Waals surface area contributed by atoms with Crippen LogP contribution >= 0.6 is 0 Å². The summed E-state index contributed by atoms with van der Waals surface area (Å²) in [6.45, 7) is 0. The van der Waals surface area contributed by atoms with Crippen LogP contribution in [-0.2, 0) is 16.3 Å². The molecule has 0 bridgehead atoms. The van der Waals surface area contributed by atoms with E-state index in [0.29, 0.717) is 24.4 Å². The number of nitrogen functional groups attached to an aromatic ring is 1. The number of sulfone groups is 1. The van der Waals surface area contributed by atoms with E-state index in [1.165, 1.54) is 0 Å². The fraction of sp³-hybridized carbons (Fsp3) is 0.500. The number of anilines is 1. The monoisotopic (exact) mass is 280 g/mol. The van der Waals surface area contributed by atoms with Crippen LogP contribution in [0.25, 0.3) is 5.65 Å². The van der Waals surface area contributed by atoms with E-state index in [-0.39, 0.29) is 11.5 Å². The van der Waals surface area contributed by atoms with Gasteiger partial charge in [-0.25, -0.2) is 8.42 Å². The minimum absolute atomic E-state index is 0.288. The van der Waals surface area contributed by atoms with Gasteiger partial charge < -0.3 is 5.73 Å². The van der Waals surface area contributed by atoms with Crippen molar-refractivity contribution in [1.82, 2.24) is 14.6 Å². The van der Waals surface area contributed by atoms with E-state index in [1.54, 1.807) is 6.07 Å². The van der Waals surface area contributed by atoms with Crippen LogP contribution < -0.4 is 5.73 Å². The van der Waals surface area contributed by atoms with Crippen molar-refractivity contribution in [1.29, 1.82) is 0 Å². The summed E-state index contributed by atoms with van der Waals surface area (Å²) in [6, 6.07) is 3.62. The van der Waals surface area contributed by atoms with Gasteiger partial charge in [-0.15, -0.1) is 10.2 Å². The molecule has 0 aromatic carbocycles. The zero-order chi connectivity index (χ0) is 13.5. The average molecular weight is 280 g/mol.